The second-order valence-corrected chi connectivity index (χ2v) is 11.9. The Morgan fingerprint density at radius 2 is 1.80 bits per heavy atom. The molecule has 2 saturated heterocycles. The van der Waals surface area contributed by atoms with E-state index in [2.05, 4.69) is 27.7 Å². The van der Waals surface area contributed by atoms with Crippen molar-refractivity contribution in [2.75, 3.05) is 32.1 Å². The summed E-state index contributed by atoms with van der Waals surface area (Å²) in [6.07, 6.45) is 1.71. The van der Waals surface area contributed by atoms with Crippen molar-refractivity contribution in [1.82, 2.24) is 15.1 Å². The van der Waals surface area contributed by atoms with Gasteiger partial charge in [0.1, 0.15) is 18.5 Å². The molecule has 4 atom stereocenters. The Morgan fingerprint density at radius 3 is 2.60 bits per heavy atom. The average molecular weight is 619 g/mol. The standard InChI is InChI=1S/C34H36F2N4O5/c1-39-29-11-9-25(17-32(41)37-24-13-14-40(19-24)18-21-5-3-2-4-6-21)45-31(29)20-44-30-12-8-23(16-26(30)34(39)43)38-33(42)22-7-10-27(35)28(36)15-22/h2-8,10,12,15-16,24-25,29,31H,9,11,13-14,17-20H2,1H3,(H,37,41)(H,38,42)/t24-,25-,29-,31+/m0/s1. The number of carbonyl (C=O) groups excluding carboxylic acids is 3. The van der Waals surface area contributed by atoms with Crippen LogP contribution in [-0.4, -0.2) is 78.6 Å². The van der Waals surface area contributed by atoms with Crippen LogP contribution < -0.4 is 15.4 Å². The number of hydrogen-bond donors (Lipinski definition) is 2. The van der Waals surface area contributed by atoms with Gasteiger partial charge in [-0.1, -0.05) is 30.3 Å². The molecule has 0 bridgehead atoms. The van der Waals surface area contributed by atoms with Crippen LogP contribution in [0.5, 0.6) is 5.75 Å². The van der Waals surface area contributed by atoms with E-state index in [0.29, 0.717) is 24.3 Å². The van der Waals surface area contributed by atoms with Gasteiger partial charge in [-0.2, -0.15) is 0 Å². The van der Waals surface area contributed by atoms with E-state index in [1.54, 1.807) is 24.1 Å². The molecule has 2 fully saturated rings. The second-order valence-electron chi connectivity index (χ2n) is 11.9. The molecule has 6 rings (SSSR count). The van der Waals surface area contributed by atoms with E-state index in [-0.39, 0.29) is 54.2 Å². The van der Waals surface area contributed by atoms with Gasteiger partial charge in [0, 0.05) is 44.0 Å². The lowest BCUT2D eigenvalue weighted by Gasteiger charge is -2.42. The summed E-state index contributed by atoms with van der Waals surface area (Å²) >= 11 is 0. The first-order chi connectivity index (χ1) is 21.7. The number of rotatable bonds is 7. The number of likely N-dealkylation sites (N-methyl/N-ethyl adjacent to an activating group) is 1. The molecule has 11 heteroatoms. The van der Waals surface area contributed by atoms with Crippen molar-refractivity contribution in [1.29, 1.82) is 0 Å². The van der Waals surface area contributed by atoms with Gasteiger partial charge in [0.15, 0.2) is 11.6 Å². The molecular formula is C34H36F2N4O5. The Labute approximate surface area is 260 Å². The summed E-state index contributed by atoms with van der Waals surface area (Å²) in [7, 11) is 1.71. The molecule has 0 radical (unpaired) electrons. The Hall–Kier alpha value is -4.35. The highest BCUT2D eigenvalue weighted by molar-refractivity contribution is 6.05. The van der Waals surface area contributed by atoms with Crippen molar-refractivity contribution in [3.63, 3.8) is 0 Å². The van der Waals surface area contributed by atoms with Crippen LogP contribution in [0, 0.1) is 11.6 Å². The first kappa shape index (κ1) is 30.7. The molecule has 0 spiro atoms. The fraction of sp³-hybridized carbons (Fsp3) is 0.382. The number of nitrogens with zero attached hydrogens (tertiary/aromatic N) is 2. The largest absolute Gasteiger partial charge is 0.490 e. The lowest BCUT2D eigenvalue weighted by atomic mass is 9.94. The fourth-order valence-electron chi connectivity index (χ4n) is 6.38. The number of likely N-dealkylation sites (tertiary alicyclic amines) is 1. The van der Waals surface area contributed by atoms with E-state index in [9.17, 15) is 23.2 Å². The van der Waals surface area contributed by atoms with Crippen LogP contribution in [0.15, 0.2) is 66.7 Å². The summed E-state index contributed by atoms with van der Waals surface area (Å²) in [6, 6.07) is 17.7. The topological polar surface area (TPSA) is 100 Å². The van der Waals surface area contributed by atoms with Crippen LogP contribution in [0.2, 0.25) is 0 Å². The molecule has 3 aromatic carbocycles. The summed E-state index contributed by atoms with van der Waals surface area (Å²) in [4.78, 5) is 43.1. The molecule has 3 aliphatic heterocycles. The van der Waals surface area contributed by atoms with Crippen molar-refractivity contribution >= 4 is 23.4 Å². The van der Waals surface area contributed by atoms with Crippen molar-refractivity contribution < 1.29 is 32.6 Å². The molecule has 2 N–H and O–H groups in total. The summed E-state index contributed by atoms with van der Waals surface area (Å²) < 4.78 is 39.2. The zero-order valence-electron chi connectivity index (χ0n) is 25.0. The molecule has 3 amide bonds. The summed E-state index contributed by atoms with van der Waals surface area (Å²) in [5.74, 6) is -2.82. The van der Waals surface area contributed by atoms with Crippen molar-refractivity contribution in [2.24, 2.45) is 0 Å². The van der Waals surface area contributed by atoms with E-state index in [4.69, 9.17) is 9.47 Å². The van der Waals surface area contributed by atoms with E-state index < -0.39 is 23.6 Å². The molecule has 0 saturated carbocycles. The van der Waals surface area contributed by atoms with Gasteiger partial charge < -0.3 is 25.0 Å². The lowest BCUT2D eigenvalue weighted by molar-refractivity contribution is -0.134. The van der Waals surface area contributed by atoms with Gasteiger partial charge in [0.2, 0.25) is 5.91 Å². The van der Waals surface area contributed by atoms with Crippen molar-refractivity contribution in [3.05, 3.63) is 95.1 Å². The number of benzene rings is 3. The maximum Gasteiger partial charge on any atom is 0.257 e. The fourth-order valence-corrected chi connectivity index (χ4v) is 6.38. The third-order valence-electron chi connectivity index (χ3n) is 8.75. The number of anilines is 1. The molecular weight excluding hydrogens is 582 g/mol. The van der Waals surface area contributed by atoms with Crippen molar-refractivity contribution in [2.45, 2.75) is 56.5 Å². The van der Waals surface area contributed by atoms with Crippen LogP contribution in [0.1, 0.15) is 52.0 Å². The lowest BCUT2D eigenvalue weighted by Crippen LogP contribution is -2.54. The summed E-state index contributed by atoms with van der Waals surface area (Å²) in [6.45, 7) is 2.80. The number of carbonyl (C=O) groups is 3. The van der Waals surface area contributed by atoms with Gasteiger partial charge in [0.05, 0.1) is 24.1 Å². The maximum atomic E-state index is 13.6. The van der Waals surface area contributed by atoms with Gasteiger partial charge >= 0.3 is 0 Å². The van der Waals surface area contributed by atoms with Crippen molar-refractivity contribution in [3.8, 4) is 5.75 Å². The number of hydrogen-bond acceptors (Lipinski definition) is 6. The molecule has 236 valence electrons. The van der Waals surface area contributed by atoms with Gasteiger partial charge in [-0.15, -0.1) is 0 Å². The molecule has 0 aliphatic carbocycles. The Kier molecular flexibility index (Phi) is 9.09. The minimum Gasteiger partial charge on any atom is -0.490 e. The minimum atomic E-state index is -1.13. The highest BCUT2D eigenvalue weighted by Crippen LogP contribution is 2.33. The third-order valence-corrected chi connectivity index (χ3v) is 8.75. The smallest absolute Gasteiger partial charge is 0.257 e. The van der Waals surface area contributed by atoms with Gasteiger partial charge in [0.25, 0.3) is 11.8 Å². The zero-order valence-corrected chi connectivity index (χ0v) is 25.0. The zero-order chi connectivity index (χ0) is 31.5. The molecule has 3 aromatic rings. The highest BCUT2D eigenvalue weighted by atomic mass is 19.2. The molecule has 0 unspecified atom stereocenters. The molecule has 45 heavy (non-hydrogen) atoms. The van der Waals surface area contributed by atoms with Gasteiger partial charge in [-0.3, -0.25) is 19.3 Å². The number of ether oxygens (including phenoxy) is 2. The van der Waals surface area contributed by atoms with Crippen LogP contribution in [0.4, 0.5) is 14.5 Å². The normalized spacial score (nSPS) is 23.3. The van der Waals surface area contributed by atoms with Crippen LogP contribution in [0.3, 0.4) is 0 Å². The number of fused-ring (bicyclic) bond motifs is 2. The predicted molar refractivity (Wildman–Crippen MR) is 163 cm³/mol. The Morgan fingerprint density at radius 1 is 0.978 bits per heavy atom. The third kappa shape index (κ3) is 7.15. The quantitative estimate of drug-likeness (QED) is 0.408. The first-order valence-corrected chi connectivity index (χ1v) is 15.2. The number of nitrogens with one attached hydrogen (secondary N) is 2. The summed E-state index contributed by atoms with van der Waals surface area (Å²) in [5.41, 5.74) is 1.77. The highest BCUT2D eigenvalue weighted by Gasteiger charge is 2.39. The molecule has 3 aliphatic rings. The average Bonchev–Trinajstić information content (AvgIpc) is 3.47. The van der Waals surface area contributed by atoms with Crippen LogP contribution in [-0.2, 0) is 16.1 Å². The monoisotopic (exact) mass is 618 g/mol. The van der Waals surface area contributed by atoms with E-state index in [1.807, 2.05) is 18.2 Å². The van der Waals surface area contributed by atoms with E-state index in [0.717, 1.165) is 38.2 Å². The Bertz CT molecular complexity index is 1570. The molecule has 3 heterocycles. The predicted octanol–water partition coefficient (Wildman–Crippen LogP) is 4.38. The molecule has 9 nitrogen and oxygen atoms in total. The van der Waals surface area contributed by atoms with Gasteiger partial charge in [-0.05, 0) is 61.2 Å². The van der Waals surface area contributed by atoms with Gasteiger partial charge in [-0.25, -0.2) is 8.78 Å². The SMILES string of the molecule is CN1C(=O)c2cc(NC(=O)c3ccc(F)c(F)c3)ccc2OC[C@H]2O[C@H](CC(=O)N[C@H]3CCN(Cc4ccccc4)C3)CC[C@@H]21. The molecule has 0 aromatic heterocycles. The van der Waals surface area contributed by atoms with Crippen LogP contribution >= 0.6 is 0 Å². The van der Waals surface area contributed by atoms with Crippen LogP contribution in [0.25, 0.3) is 0 Å². The number of amides is 3. The van der Waals surface area contributed by atoms with E-state index in [1.165, 1.54) is 17.7 Å². The Balaban J connectivity index is 1.04. The second kappa shape index (κ2) is 13.3. The summed E-state index contributed by atoms with van der Waals surface area (Å²) in [5, 5.41) is 5.80. The first-order valence-electron chi connectivity index (χ1n) is 15.2. The number of halogens is 2. The van der Waals surface area contributed by atoms with E-state index >= 15 is 0 Å². The minimum absolute atomic E-state index is 0.0375. The maximum absolute atomic E-state index is 13.6.